The van der Waals surface area contributed by atoms with Crippen LogP contribution in [-0.2, 0) is 9.53 Å². The van der Waals surface area contributed by atoms with Gasteiger partial charge in [0.15, 0.2) is 0 Å². The first kappa shape index (κ1) is 15.2. The molecular formula is C12H15Cl2NO3. The quantitative estimate of drug-likeness (QED) is 0.845. The van der Waals surface area contributed by atoms with Gasteiger partial charge in [0.25, 0.3) is 0 Å². The smallest absolute Gasteiger partial charge is 0.246 e. The molecule has 0 saturated heterocycles. The number of amides is 1. The first-order valence-electron chi connectivity index (χ1n) is 5.52. The van der Waals surface area contributed by atoms with Gasteiger partial charge in [0.2, 0.25) is 5.91 Å². The van der Waals surface area contributed by atoms with Gasteiger partial charge in [-0.05, 0) is 19.1 Å². The van der Waals surface area contributed by atoms with Crippen molar-refractivity contribution in [1.82, 2.24) is 5.32 Å². The summed E-state index contributed by atoms with van der Waals surface area (Å²) in [4.78, 5) is 11.3. The van der Waals surface area contributed by atoms with Crippen LogP contribution in [0.3, 0.4) is 0 Å². The van der Waals surface area contributed by atoms with Crippen molar-refractivity contribution in [3.05, 3.63) is 33.8 Å². The van der Waals surface area contributed by atoms with Crippen LogP contribution >= 0.6 is 23.2 Å². The molecule has 18 heavy (non-hydrogen) atoms. The Bertz CT molecular complexity index is 392. The summed E-state index contributed by atoms with van der Waals surface area (Å²) in [5.41, 5.74) is 0.414. The maximum atomic E-state index is 11.3. The van der Waals surface area contributed by atoms with Crippen LogP contribution < -0.4 is 5.32 Å². The molecule has 0 radical (unpaired) electrons. The molecule has 6 heteroatoms. The Balaban J connectivity index is 2.55. The van der Waals surface area contributed by atoms with Crippen LogP contribution in [0.4, 0.5) is 0 Å². The van der Waals surface area contributed by atoms with E-state index in [1.165, 1.54) is 0 Å². The van der Waals surface area contributed by atoms with Gasteiger partial charge in [0, 0.05) is 28.8 Å². The average Bonchev–Trinajstić information content (AvgIpc) is 2.33. The lowest BCUT2D eigenvalue weighted by atomic mass is 10.1. The van der Waals surface area contributed by atoms with E-state index in [9.17, 15) is 9.90 Å². The molecule has 1 amide bonds. The Labute approximate surface area is 116 Å². The summed E-state index contributed by atoms with van der Waals surface area (Å²) < 4.78 is 4.93. The van der Waals surface area contributed by atoms with E-state index < -0.39 is 6.10 Å². The molecule has 1 unspecified atom stereocenters. The summed E-state index contributed by atoms with van der Waals surface area (Å²) in [7, 11) is 0. The van der Waals surface area contributed by atoms with Crippen LogP contribution in [0.15, 0.2) is 18.2 Å². The second-order valence-electron chi connectivity index (χ2n) is 3.59. The SMILES string of the molecule is CCOCC(=O)NCC(O)c1c(Cl)cccc1Cl. The molecule has 0 spiro atoms. The van der Waals surface area contributed by atoms with E-state index in [2.05, 4.69) is 5.32 Å². The summed E-state index contributed by atoms with van der Waals surface area (Å²) >= 11 is 11.9. The lowest BCUT2D eigenvalue weighted by molar-refractivity contribution is -0.126. The standard InChI is InChI=1S/C12H15Cl2NO3/c1-2-18-7-11(17)15-6-10(16)12-8(13)4-3-5-9(12)14/h3-5,10,16H,2,6-7H2,1H3,(H,15,17). The molecule has 0 fully saturated rings. The molecule has 4 nitrogen and oxygen atoms in total. The Morgan fingerprint density at radius 3 is 2.61 bits per heavy atom. The zero-order chi connectivity index (χ0) is 13.5. The van der Waals surface area contributed by atoms with E-state index >= 15 is 0 Å². The third kappa shape index (κ3) is 4.46. The predicted octanol–water partition coefficient (Wildman–Crippen LogP) is 2.18. The lowest BCUT2D eigenvalue weighted by Gasteiger charge is -2.15. The number of ether oxygens (including phenoxy) is 1. The molecular weight excluding hydrogens is 277 g/mol. The molecule has 0 aliphatic heterocycles. The van der Waals surface area contributed by atoms with E-state index in [1.807, 2.05) is 0 Å². The van der Waals surface area contributed by atoms with Crippen LogP contribution in [0.2, 0.25) is 10.0 Å². The molecule has 1 atom stereocenters. The minimum atomic E-state index is -0.947. The second kappa shape index (κ2) is 7.59. The van der Waals surface area contributed by atoms with E-state index in [-0.39, 0.29) is 19.1 Å². The molecule has 2 N–H and O–H groups in total. The fourth-order valence-corrected chi connectivity index (χ4v) is 2.04. The van der Waals surface area contributed by atoms with E-state index in [1.54, 1.807) is 25.1 Å². The number of aliphatic hydroxyl groups is 1. The van der Waals surface area contributed by atoms with Gasteiger partial charge in [-0.2, -0.15) is 0 Å². The van der Waals surface area contributed by atoms with Gasteiger partial charge in [0.05, 0.1) is 6.10 Å². The summed E-state index contributed by atoms with van der Waals surface area (Å²) in [6.45, 7) is 2.27. The number of carbonyl (C=O) groups excluding carboxylic acids is 1. The fourth-order valence-electron chi connectivity index (χ4n) is 1.39. The Hall–Kier alpha value is -0.810. The summed E-state index contributed by atoms with van der Waals surface area (Å²) in [6, 6.07) is 4.95. The van der Waals surface area contributed by atoms with Crippen molar-refractivity contribution in [2.75, 3.05) is 19.8 Å². The molecule has 0 bridgehead atoms. The van der Waals surface area contributed by atoms with Gasteiger partial charge in [-0.3, -0.25) is 4.79 Å². The number of hydrogen-bond acceptors (Lipinski definition) is 3. The number of nitrogens with one attached hydrogen (secondary N) is 1. The van der Waals surface area contributed by atoms with Crippen molar-refractivity contribution < 1.29 is 14.6 Å². The minimum absolute atomic E-state index is 0.0283. The molecule has 0 aliphatic rings. The molecule has 1 aromatic rings. The Morgan fingerprint density at radius 2 is 2.06 bits per heavy atom. The first-order chi connectivity index (χ1) is 8.56. The zero-order valence-corrected chi connectivity index (χ0v) is 11.5. The van der Waals surface area contributed by atoms with E-state index in [0.29, 0.717) is 22.2 Å². The third-order valence-corrected chi connectivity index (χ3v) is 2.92. The van der Waals surface area contributed by atoms with E-state index in [0.717, 1.165) is 0 Å². The number of aliphatic hydroxyl groups excluding tert-OH is 1. The van der Waals surface area contributed by atoms with Crippen molar-refractivity contribution in [3.8, 4) is 0 Å². The molecule has 1 aromatic carbocycles. The van der Waals surface area contributed by atoms with Crippen LogP contribution in [0.1, 0.15) is 18.6 Å². The highest BCUT2D eigenvalue weighted by atomic mass is 35.5. The largest absolute Gasteiger partial charge is 0.386 e. The molecule has 0 aliphatic carbocycles. The van der Waals surface area contributed by atoms with Gasteiger partial charge in [0.1, 0.15) is 6.61 Å². The van der Waals surface area contributed by atoms with Crippen LogP contribution in [0, 0.1) is 0 Å². The van der Waals surface area contributed by atoms with Gasteiger partial charge in [-0.15, -0.1) is 0 Å². The number of benzene rings is 1. The summed E-state index contributed by atoms with van der Waals surface area (Å²) in [5.74, 6) is -0.293. The van der Waals surface area contributed by atoms with Crippen LogP contribution in [0.5, 0.6) is 0 Å². The minimum Gasteiger partial charge on any atom is -0.386 e. The van der Waals surface area contributed by atoms with Gasteiger partial charge >= 0.3 is 0 Å². The molecule has 0 heterocycles. The Morgan fingerprint density at radius 1 is 1.44 bits per heavy atom. The maximum absolute atomic E-state index is 11.3. The zero-order valence-electron chi connectivity index (χ0n) is 9.95. The van der Waals surface area contributed by atoms with Crippen molar-refractivity contribution in [2.24, 2.45) is 0 Å². The highest BCUT2D eigenvalue weighted by Crippen LogP contribution is 2.29. The van der Waals surface area contributed by atoms with E-state index in [4.69, 9.17) is 27.9 Å². The maximum Gasteiger partial charge on any atom is 0.246 e. The van der Waals surface area contributed by atoms with Crippen molar-refractivity contribution >= 4 is 29.1 Å². The third-order valence-electron chi connectivity index (χ3n) is 2.26. The van der Waals surface area contributed by atoms with Crippen LogP contribution in [0.25, 0.3) is 0 Å². The predicted molar refractivity (Wildman–Crippen MR) is 70.9 cm³/mol. The summed E-state index contributed by atoms with van der Waals surface area (Å²) in [5, 5.41) is 13.2. The number of carbonyl (C=O) groups is 1. The number of hydrogen-bond donors (Lipinski definition) is 2. The van der Waals surface area contributed by atoms with Gasteiger partial charge in [-0.25, -0.2) is 0 Å². The van der Waals surface area contributed by atoms with Gasteiger partial charge in [-0.1, -0.05) is 29.3 Å². The van der Waals surface area contributed by atoms with Crippen molar-refractivity contribution in [2.45, 2.75) is 13.0 Å². The highest BCUT2D eigenvalue weighted by molar-refractivity contribution is 6.36. The first-order valence-corrected chi connectivity index (χ1v) is 6.28. The molecule has 0 saturated carbocycles. The van der Waals surface area contributed by atoms with Crippen molar-refractivity contribution in [3.63, 3.8) is 0 Å². The molecule has 100 valence electrons. The van der Waals surface area contributed by atoms with Gasteiger partial charge < -0.3 is 15.2 Å². The molecule has 0 aromatic heterocycles. The topological polar surface area (TPSA) is 58.6 Å². The summed E-state index contributed by atoms with van der Waals surface area (Å²) in [6.07, 6.45) is -0.947. The normalized spacial score (nSPS) is 12.2. The highest BCUT2D eigenvalue weighted by Gasteiger charge is 2.16. The number of halogens is 2. The average molecular weight is 292 g/mol. The lowest BCUT2D eigenvalue weighted by Crippen LogP contribution is -2.31. The Kier molecular flexibility index (Phi) is 6.43. The molecule has 1 rings (SSSR count). The monoisotopic (exact) mass is 291 g/mol. The number of rotatable bonds is 6. The van der Waals surface area contributed by atoms with Crippen molar-refractivity contribution in [1.29, 1.82) is 0 Å². The fraction of sp³-hybridized carbons (Fsp3) is 0.417. The second-order valence-corrected chi connectivity index (χ2v) is 4.41. The van der Waals surface area contributed by atoms with Crippen LogP contribution in [-0.4, -0.2) is 30.8 Å².